The molecule has 0 fully saturated rings. The summed E-state index contributed by atoms with van der Waals surface area (Å²) >= 11 is 3.00. The van der Waals surface area contributed by atoms with E-state index in [-0.39, 0.29) is 23.7 Å². The highest BCUT2D eigenvalue weighted by Gasteiger charge is 2.23. The molecule has 0 aliphatic heterocycles. The van der Waals surface area contributed by atoms with Crippen LogP contribution in [0.3, 0.4) is 0 Å². The number of carbonyl (C=O) groups excluding carboxylic acids is 1. The van der Waals surface area contributed by atoms with E-state index in [1.54, 1.807) is 22.0 Å². The molecule has 1 aromatic carbocycles. The quantitative estimate of drug-likeness (QED) is 0.344. The lowest BCUT2D eigenvalue weighted by Crippen LogP contribution is -2.23. The number of amides is 1. The number of aromatic nitrogens is 2. The molecule has 0 radical (unpaired) electrons. The average molecular weight is 430 g/mol. The second-order valence-electron chi connectivity index (χ2n) is 6.79. The summed E-state index contributed by atoms with van der Waals surface area (Å²) in [7, 11) is 0. The lowest BCUT2D eigenvalue weighted by molar-refractivity contribution is -0.115. The van der Waals surface area contributed by atoms with Gasteiger partial charge in [0, 0.05) is 29.3 Å². The molecule has 0 saturated carbocycles. The minimum absolute atomic E-state index is 0.0208. The van der Waals surface area contributed by atoms with Crippen molar-refractivity contribution in [2.75, 3.05) is 11.1 Å². The molecule has 0 saturated heterocycles. The minimum Gasteiger partial charge on any atom is -0.326 e. The standard InChI is InChI=1S/C21H20FN3O2S2/c1-2-11-25-20(27)18-15-4-3-5-16(15)29-19(18)24-21(25)28-12-10-17(26)23-14-8-6-13(22)7-9-14/h2,6-9H,1,3-5,10-12H2,(H,23,26). The van der Waals surface area contributed by atoms with Crippen LogP contribution in [0.4, 0.5) is 10.1 Å². The van der Waals surface area contributed by atoms with Crippen molar-refractivity contribution < 1.29 is 9.18 Å². The van der Waals surface area contributed by atoms with Gasteiger partial charge in [-0.15, -0.1) is 17.9 Å². The normalized spacial score (nSPS) is 12.9. The Morgan fingerprint density at radius 1 is 1.34 bits per heavy atom. The van der Waals surface area contributed by atoms with Gasteiger partial charge in [0.25, 0.3) is 5.56 Å². The topological polar surface area (TPSA) is 64.0 Å². The minimum atomic E-state index is -0.347. The Kier molecular flexibility index (Phi) is 5.82. The fourth-order valence-electron chi connectivity index (χ4n) is 3.45. The van der Waals surface area contributed by atoms with Crippen molar-refractivity contribution in [2.24, 2.45) is 0 Å². The number of halogens is 1. The van der Waals surface area contributed by atoms with Crippen LogP contribution in [0.25, 0.3) is 10.2 Å². The second kappa shape index (κ2) is 8.51. The predicted molar refractivity (Wildman–Crippen MR) is 116 cm³/mol. The van der Waals surface area contributed by atoms with E-state index in [2.05, 4.69) is 11.9 Å². The maximum Gasteiger partial charge on any atom is 0.263 e. The molecule has 1 N–H and O–H groups in total. The molecular formula is C21H20FN3O2S2. The third-order valence-electron chi connectivity index (χ3n) is 4.79. The summed E-state index contributed by atoms with van der Waals surface area (Å²) in [6.45, 7) is 4.14. The number of fused-ring (bicyclic) bond motifs is 3. The highest BCUT2D eigenvalue weighted by molar-refractivity contribution is 7.99. The van der Waals surface area contributed by atoms with Gasteiger partial charge in [-0.05, 0) is 49.1 Å². The van der Waals surface area contributed by atoms with Gasteiger partial charge in [-0.2, -0.15) is 0 Å². The van der Waals surface area contributed by atoms with Crippen LogP contribution in [0.5, 0.6) is 0 Å². The van der Waals surface area contributed by atoms with Gasteiger partial charge in [-0.25, -0.2) is 9.37 Å². The Bertz CT molecular complexity index is 1140. The van der Waals surface area contributed by atoms with Gasteiger partial charge in [0.15, 0.2) is 5.16 Å². The van der Waals surface area contributed by atoms with Crippen LogP contribution in [0.15, 0.2) is 46.9 Å². The number of hydrogen-bond acceptors (Lipinski definition) is 5. The lowest BCUT2D eigenvalue weighted by atomic mass is 10.2. The molecule has 2 aromatic heterocycles. The Hall–Kier alpha value is -2.45. The zero-order valence-corrected chi connectivity index (χ0v) is 17.4. The van der Waals surface area contributed by atoms with Gasteiger partial charge >= 0.3 is 0 Å². The zero-order chi connectivity index (χ0) is 20.4. The number of hydrogen-bond donors (Lipinski definition) is 1. The molecule has 8 heteroatoms. The summed E-state index contributed by atoms with van der Waals surface area (Å²) < 4.78 is 14.6. The number of benzene rings is 1. The van der Waals surface area contributed by atoms with E-state index in [0.29, 0.717) is 23.1 Å². The average Bonchev–Trinajstić information content (AvgIpc) is 3.27. The van der Waals surface area contributed by atoms with E-state index in [4.69, 9.17) is 4.98 Å². The monoisotopic (exact) mass is 429 g/mol. The second-order valence-corrected chi connectivity index (χ2v) is 8.94. The van der Waals surface area contributed by atoms with Crippen LogP contribution in [-0.2, 0) is 24.2 Å². The molecule has 1 aliphatic carbocycles. The maximum absolute atomic E-state index is 13.1. The number of carbonyl (C=O) groups is 1. The van der Waals surface area contributed by atoms with E-state index >= 15 is 0 Å². The van der Waals surface area contributed by atoms with E-state index in [1.165, 1.54) is 40.9 Å². The molecule has 1 aliphatic rings. The molecule has 150 valence electrons. The number of thioether (sulfide) groups is 1. The zero-order valence-electron chi connectivity index (χ0n) is 15.7. The summed E-state index contributed by atoms with van der Waals surface area (Å²) in [5.74, 6) is -0.0367. The number of rotatable bonds is 7. The largest absolute Gasteiger partial charge is 0.326 e. The van der Waals surface area contributed by atoms with Crippen LogP contribution in [-0.4, -0.2) is 21.2 Å². The first-order chi connectivity index (χ1) is 14.1. The van der Waals surface area contributed by atoms with Crippen molar-refractivity contribution in [3.05, 3.63) is 63.5 Å². The molecule has 1 amide bonds. The van der Waals surface area contributed by atoms with Crippen LogP contribution in [0.2, 0.25) is 0 Å². The first-order valence-electron chi connectivity index (χ1n) is 9.41. The van der Waals surface area contributed by atoms with Crippen molar-refractivity contribution in [2.45, 2.75) is 37.4 Å². The molecule has 0 bridgehead atoms. The fourth-order valence-corrected chi connectivity index (χ4v) is 5.70. The van der Waals surface area contributed by atoms with Crippen molar-refractivity contribution in [1.29, 1.82) is 0 Å². The molecule has 0 atom stereocenters. The molecule has 29 heavy (non-hydrogen) atoms. The van der Waals surface area contributed by atoms with Gasteiger partial charge in [-0.3, -0.25) is 14.2 Å². The van der Waals surface area contributed by atoms with Crippen LogP contribution in [0, 0.1) is 5.82 Å². The van der Waals surface area contributed by atoms with Gasteiger partial charge in [-0.1, -0.05) is 17.8 Å². The van der Waals surface area contributed by atoms with Crippen molar-refractivity contribution in [3.63, 3.8) is 0 Å². The van der Waals surface area contributed by atoms with Gasteiger partial charge in [0.2, 0.25) is 5.91 Å². The summed E-state index contributed by atoms with van der Waals surface area (Å²) in [6.07, 6.45) is 5.00. The summed E-state index contributed by atoms with van der Waals surface area (Å²) in [5.41, 5.74) is 1.70. The van der Waals surface area contributed by atoms with E-state index in [9.17, 15) is 14.0 Å². The Labute approximate surface area is 175 Å². The third kappa shape index (κ3) is 4.13. The number of aryl methyl sites for hydroxylation is 2. The molecule has 5 nitrogen and oxygen atoms in total. The summed E-state index contributed by atoms with van der Waals surface area (Å²) in [5, 5.41) is 4.10. The number of allylic oxidation sites excluding steroid dienone is 1. The summed E-state index contributed by atoms with van der Waals surface area (Å²) in [4.78, 5) is 32.0. The molecule has 0 unspecified atom stereocenters. The fraction of sp³-hybridized carbons (Fsp3) is 0.286. The Morgan fingerprint density at radius 2 is 2.14 bits per heavy atom. The molecule has 4 rings (SSSR count). The molecule has 3 aromatic rings. The van der Waals surface area contributed by atoms with Crippen LogP contribution >= 0.6 is 23.1 Å². The Morgan fingerprint density at radius 3 is 2.90 bits per heavy atom. The SMILES string of the molecule is C=CCn1c(SCCC(=O)Nc2ccc(F)cc2)nc2sc3c(c2c1=O)CCC3. The number of nitrogens with zero attached hydrogens (tertiary/aromatic N) is 2. The summed E-state index contributed by atoms with van der Waals surface area (Å²) in [6, 6.07) is 5.65. The van der Waals surface area contributed by atoms with Crippen LogP contribution < -0.4 is 10.9 Å². The number of thiophene rings is 1. The van der Waals surface area contributed by atoms with Crippen molar-refractivity contribution >= 4 is 44.9 Å². The Balaban J connectivity index is 1.49. The van der Waals surface area contributed by atoms with Crippen molar-refractivity contribution in [3.8, 4) is 0 Å². The van der Waals surface area contributed by atoms with Crippen LogP contribution in [0.1, 0.15) is 23.3 Å². The molecular weight excluding hydrogens is 409 g/mol. The molecule has 2 heterocycles. The van der Waals surface area contributed by atoms with Crippen molar-refractivity contribution in [1.82, 2.24) is 9.55 Å². The highest BCUT2D eigenvalue weighted by atomic mass is 32.2. The first kappa shape index (κ1) is 19.8. The third-order valence-corrected chi connectivity index (χ3v) is 6.95. The highest BCUT2D eigenvalue weighted by Crippen LogP contribution is 2.35. The van der Waals surface area contributed by atoms with E-state index in [0.717, 1.165) is 35.0 Å². The smallest absolute Gasteiger partial charge is 0.263 e. The van der Waals surface area contributed by atoms with Gasteiger partial charge in [0.05, 0.1) is 5.39 Å². The lowest BCUT2D eigenvalue weighted by Gasteiger charge is -2.10. The maximum atomic E-state index is 13.1. The molecule has 0 spiro atoms. The number of anilines is 1. The van der Waals surface area contributed by atoms with E-state index in [1.807, 2.05) is 0 Å². The van der Waals surface area contributed by atoms with E-state index < -0.39 is 0 Å². The first-order valence-corrected chi connectivity index (χ1v) is 11.2. The number of nitrogens with one attached hydrogen (secondary N) is 1. The predicted octanol–water partition coefficient (Wildman–Crippen LogP) is 4.39. The van der Waals surface area contributed by atoms with Gasteiger partial charge in [0.1, 0.15) is 10.6 Å². The van der Waals surface area contributed by atoms with Gasteiger partial charge < -0.3 is 5.32 Å².